The molecule has 2 aromatic rings. The van der Waals surface area contributed by atoms with Crippen molar-refractivity contribution in [1.29, 1.82) is 5.26 Å². The lowest BCUT2D eigenvalue weighted by Gasteiger charge is -2.11. The highest BCUT2D eigenvalue weighted by molar-refractivity contribution is 5.29. The van der Waals surface area contributed by atoms with E-state index in [4.69, 9.17) is 5.26 Å². The molecular formula is C19H20N2O. The summed E-state index contributed by atoms with van der Waals surface area (Å²) in [7, 11) is 0. The summed E-state index contributed by atoms with van der Waals surface area (Å²) in [5.74, 6) is 0.488. The molecule has 1 fully saturated rings. The minimum Gasteiger partial charge on any atom is -0.313 e. The molecule has 0 saturated heterocycles. The molecule has 0 unspecified atom stereocenters. The van der Waals surface area contributed by atoms with Gasteiger partial charge < -0.3 is 4.57 Å². The SMILES string of the molecule is Cc1cccc(Cc2cc(C)n(C[C@H]3C[C@@H]3C#N)c(=O)c2)c1. The Morgan fingerprint density at radius 1 is 1.23 bits per heavy atom. The van der Waals surface area contributed by atoms with Crippen molar-refractivity contribution in [3.05, 3.63) is 69.1 Å². The Balaban J connectivity index is 1.80. The fourth-order valence-electron chi connectivity index (χ4n) is 3.03. The molecular weight excluding hydrogens is 272 g/mol. The van der Waals surface area contributed by atoms with Crippen molar-refractivity contribution in [2.45, 2.75) is 33.2 Å². The maximum atomic E-state index is 12.4. The predicted molar refractivity (Wildman–Crippen MR) is 86.6 cm³/mol. The van der Waals surface area contributed by atoms with E-state index in [-0.39, 0.29) is 11.5 Å². The monoisotopic (exact) mass is 292 g/mol. The van der Waals surface area contributed by atoms with Crippen LogP contribution in [0.15, 0.2) is 41.2 Å². The van der Waals surface area contributed by atoms with Gasteiger partial charge in [0.2, 0.25) is 0 Å². The predicted octanol–water partition coefficient (Wildman–Crippen LogP) is 3.22. The second-order valence-corrected chi connectivity index (χ2v) is 6.35. The van der Waals surface area contributed by atoms with Crippen LogP contribution in [0, 0.1) is 37.0 Å². The first kappa shape index (κ1) is 14.6. The Labute approximate surface area is 130 Å². The average Bonchev–Trinajstić information content (AvgIpc) is 3.21. The maximum Gasteiger partial charge on any atom is 0.251 e. The quantitative estimate of drug-likeness (QED) is 0.868. The number of aryl methyl sites for hydroxylation is 2. The van der Waals surface area contributed by atoms with Crippen molar-refractivity contribution in [3.63, 3.8) is 0 Å². The van der Waals surface area contributed by atoms with E-state index in [1.807, 2.05) is 17.6 Å². The number of nitriles is 1. The third-order valence-corrected chi connectivity index (χ3v) is 4.39. The number of benzene rings is 1. The zero-order chi connectivity index (χ0) is 15.7. The van der Waals surface area contributed by atoms with E-state index in [0.717, 1.165) is 24.1 Å². The Hall–Kier alpha value is -2.34. The Morgan fingerprint density at radius 3 is 2.68 bits per heavy atom. The number of hydrogen-bond donors (Lipinski definition) is 0. The van der Waals surface area contributed by atoms with Gasteiger partial charge >= 0.3 is 0 Å². The van der Waals surface area contributed by atoms with E-state index in [9.17, 15) is 4.79 Å². The highest BCUT2D eigenvalue weighted by Crippen LogP contribution is 2.38. The summed E-state index contributed by atoms with van der Waals surface area (Å²) < 4.78 is 1.81. The van der Waals surface area contributed by atoms with E-state index in [2.05, 4.69) is 37.3 Å². The van der Waals surface area contributed by atoms with Crippen LogP contribution in [0.25, 0.3) is 0 Å². The third-order valence-electron chi connectivity index (χ3n) is 4.39. The van der Waals surface area contributed by atoms with Gasteiger partial charge in [0.1, 0.15) is 0 Å². The van der Waals surface area contributed by atoms with Crippen molar-refractivity contribution >= 4 is 0 Å². The standard InChI is InChI=1S/C19H20N2O/c1-13-4-3-5-15(6-13)8-16-7-14(2)21(19(22)9-16)12-18-10-17(18)11-20/h3-7,9,17-18H,8,10,12H2,1-2H3/t17-,18-/m1/s1. The van der Waals surface area contributed by atoms with Crippen molar-refractivity contribution in [3.8, 4) is 6.07 Å². The van der Waals surface area contributed by atoms with Gasteiger partial charge in [0.15, 0.2) is 0 Å². The first-order valence-electron chi connectivity index (χ1n) is 7.72. The van der Waals surface area contributed by atoms with Crippen LogP contribution in [0.2, 0.25) is 0 Å². The summed E-state index contributed by atoms with van der Waals surface area (Å²) >= 11 is 0. The van der Waals surface area contributed by atoms with Crippen LogP contribution < -0.4 is 5.56 Å². The second kappa shape index (κ2) is 5.81. The molecule has 22 heavy (non-hydrogen) atoms. The molecule has 0 aliphatic heterocycles. The molecule has 0 amide bonds. The fourth-order valence-corrected chi connectivity index (χ4v) is 3.03. The molecule has 0 spiro atoms. The molecule has 1 aliphatic rings. The van der Waals surface area contributed by atoms with E-state index >= 15 is 0 Å². The van der Waals surface area contributed by atoms with Crippen molar-refractivity contribution in [2.24, 2.45) is 11.8 Å². The first-order chi connectivity index (χ1) is 10.6. The van der Waals surface area contributed by atoms with Gasteiger partial charge in [0.25, 0.3) is 5.56 Å². The highest BCUT2D eigenvalue weighted by Gasteiger charge is 2.37. The smallest absolute Gasteiger partial charge is 0.251 e. The summed E-state index contributed by atoms with van der Waals surface area (Å²) in [6.45, 7) is 4.73. The molecule has 1 aromatic heterocycles. The average molecular weight is 292 g/mol. The number of aromatic nitrogens is 1. The van der Waals surface area contributed by atoms with Gasteiger partial charge in [-0.2, -0.15) is 5.26 Å². The zero-order valence-corrected chi connectivity index (χ0v) is 13.0. The van der Waals surface area contributed by atoms with Gasteiger partial charge in [-0.15, -0.1) is 0 Å². The van der Waals surface area contributed by atoms with Gasteiger partial charge in [0, 0.05) is 18.3 Å². The Bertz CT molecular complexity index is 798. The normalized spacial score (nSPS) is 19.7. The third kappa shape index (κ3) is 3.12. The molecule has 3 nitrogen and oxygen atoms in total. The molecule has 0 N–H and O–H groups in total. The number of nitrogens with zero attached hydrogens (tertiary/aromatic N) is 2. The molecule has 1 heterocycles. The number of rotatable bonds is 4. The lowest BCUT2D eigenvalue weighted by Crippen LogP contribution is -2.23. The van der Waals surface area contributed by atoms with Crippen LogP contribution in [0.3, 0.4) is 0 Å². The van der Waals surface area contributed by atoms with Gasteiger partial charge in [-0.3, -0.25) is 4.79 Å². The van der Waals surface area contributed by atoms with Gasteiger partial charge in [-0.05, 0) is 49.8 Å². The van der Waals surface area contributed by atoms with Crippen molar-refractivity contribution < 1.29 is 0 Å². The van der Waals surface area contributed by atoms with Crippen LogP contribution in [-0.4, -0.2) is 4.57 Å². The molecule has 2 atom stereocenters. The van der Waals surface area contributed by atoms with Gasteiger partial charge in [-0.25, -0.2) is 0 Å². The molecule has 3 heteroatoms. The molecule has 0 radical (unpaired) electrons. The van der Waals surface area contributed by atoms with E-state index in [1.165, 1.54) is 11.1 Å². The lowest BCUT2D eigenvalue weighted by atomic mass is 10.0. The largest absolute Gasteiger partial charge is 0.313 e. The van der Waals surface area contributed by atoms with Crippen LogP contribution in [0.5, 0.6) is 0 Å². The fraction of sp³-hybridized carbons (Fsp3) is 0.368. The summed E-state index contributed by atoms with van der Waals surface area (Å²) in [5, 5.41) is 8.89. The van der Waals surface area contributed by atoms with Crippen LogP contribution >= 0.6 is 0 Å². The maximum absolute atomic E-state index is 12.4. The first-order valence-corrected chi connectivity index (χ1v) is 7.72. The van der Waals surface area contributed by atoms with Crippen LogP contribution in [0.4, 0.5) is 0 Å². The zero-order valence-electron chi connectivity index (χ0n) is 13.0. The van der Waals surface area contributed by atoms with Gasteiger partial charge in [-0.1, -0.05) is 29.8 Å². The van der Waals surface area contributed by atoms with Crippen LogP contribution in [0.1, 0.15) is 28.8 Å². The summed E-state index contributed by atoms with van der Waals surface area (Å²) in [4.78, 5) is 12.4. The molecule has 1 aromatic carbocycles. The van der Waals surface area contributed by atoms with Crippen molar-refractivity contribution in [1.82, 2.24) is 4.57 Å². The molecule has 3 rings (SSSR count). The minimum atomic E-state index is 0.0474. The summed E-state index contributed by atoms with van der Waals surface area (Å²) in [6, 6.07) is 14.5. The lowest BCUT2D eigenvalue weighted by molar-refractivity contribution is 0.575. The molecule has 112 valence electrons. The number of pyridine rings is 1. The van der Waals surface area contributed by atoms with E-state index in [1.54, 1.807) is 6.07 Å². The Kier molecular flexibility index (Phi) is 3.85. The minimum absolute atomic E-state index is 0.0474. The van der Waals surface area contributed by atoms with Gasteiger partial charge in [0.05, 0.1) is 12.0 Å². The Morgan fingerprint density at radius 2 is 2.05 bits per heavy atom. The second-order valence-electron chi connectivity index (χ2n) is 6.35. The number of hydrogen-bond acceptors (Lipinski definition) is 2. The summed E-state index contributed by atoms with van der Waals surface area (Å²) in [5.41, 5.74) is 4.55. The summed E-state index contributed by atoms with van der Waals surface area (Å²) in [6.07, 6.45) is 1.70. The van der Waals surface area contributed by atoms with Crippen molar-refractivity contribution in [2.75, 3.05) is 0 Å². The van der Waals surface area contributed by atoms with E-state index < -0.39 is 0 Å². The molecule has 1 aliphatic carbocycles. The van der Waals surface area contributed by atoms with E-state index in [0.29, 0.717) is 12.5 Å². The molecule has 0 bridgehead atoms. The van der Waals surface area contributed by atoms with Crippen LogP contribution in [-0.2, 0) is 13.0 Å². The highest BCUT2D eigenvalue weighted by atomic mass is 16.1. The topological polar surface area (TPSA) is 45.8 Å². The molecule has 1 saturated carbocycles.